The van der Waals surface area contributed by atoms with E-state index in [4.69, 9.17) is 9.47 Å². The highest BCUT2D eigenvalue weighted by Crippen LogP contribution is 2.26. The lowest BCUT2D eigenvalue weighted by molar-refractivity contribution is -0.145. The molecule has 1 saturated heterocycles. The predicted octanol–water partition coefficient (Wildman–Crippen LogP) is 1.95. The molecule has 0 aliphatic carbocycles. The Kier molecular flexibility index (Phi) is 4.99. The first-order valence-electron chi connectivity index (χ1n) is 6.22. The van der Waals surface area contributed by atoms with Gasteiger partial charge in [0.1, 0.15) is 5.75 Å². The summed E-state index contributed by atoms with van der Waals surface area (Å²) in [7, 11) is 0. The van der Waals surface area contributed by atoms with Crippen LogP contribution in [-0.2, 0) is 14.3 Å². The van der Waals surface area contributed by atoms with Gasteiger partial charge in [-0.2, -0.15) is 0 Å². The second-order valence-electron chi connectivity index (χ2n) is 4.02. The molecule has 0 bridgehead atoms. The lowest BCUT2D eigenvalue weighted by atomic mass is 10.2. The van der Waals surface area contributed by atoms with Crippen molar-refractivity contribution in [1.82, 2.24) is 5.32 Å². The van der Waals surface area contributed by atoms with E-state index in [9.17, 15) is 14.4 Å². The van der Waals surface area contributed by atoms with E-state index in [1.165, 1.54) is 0 Å². The Morgan fingerprint density at radius 3 is 2.86 bits per heavy atom. The molecule has 0 unspecified atom stereocenters. The van der Waals surface area contributed by atoms with Crippen LogP contribution in [0.3, 0.4) is 0 Å². The SMILES string of the molecule is CCOC(=O)COc1cccc(/C=C2\SC(=O)NC2=O)c1. The van der Waals surface area contributed by atoms with E-state index in [0.29, 0.717) is 22.8 Å². The third-order valence-electron chi connectivity index (χ3n) is 2.46. The lowest BCUT2D eigenvalue weighted by Gasteiger charge is -2.06. The van der Waals surface area contributed by atoms with Gasteiger partial charge in [-0.15, -0.1) is 0 Å². The topological polar surface area (TPSA) is 81.7 Å². The standard InChI is InChI=1S/C14H13NO5S/c1-2-19-12(16)8-20-10-5-3-4-9(6-10)7-11-13(17)15-14(18)21-11/h3-7H,2,8H2,1H3,(H,15,17,18)/b11-7-. The van der Waals surface area contributed by atoms with Crippen LogP contribution in [0.25, 0.3) is 6.08 Å². The zero-order chi connectivity index (χ0) is 15.2. The number of rotatable bonds is 5. The number of esters is 1. The zero-order valence-electron chi connectivity index (χ0n) is 11.3. The minimum Gasteiger partial charge on any atom is -0.482 e. The van der Waals surface area contributed by atoms with E-state index in [1.807, 2.05) is 0 Å². The molecule has 0 atom stereocenters. The maximum atomic E-state index is 11.4. The molecule has 21 heavy (non-hydrogen) atoms. The van der Waals surface area contributed by atoms with E-state index in [2.05, 4.69) is 5.32 Å². The summed E-state index contributed by atoms with van der Waals surface area (Å²) in [5.74, 6) is -0.382. The molecule has 6 nitrogen and oxygen atoms in total. The average Bonchev–Trinajstić information content (AvgIpc) is 2.75. The van der Waals surface area contributed by atoms with Crippen LogP contribution >= 0.6 is 11.8 Å². The number of carbonyl (C=O) groups is 3. The van der Waals surface area contributed by atoms with E-state index >= 15 is 0 Å². The maximum absolute atomic E-state index is 11.4. The molecule has 2 amide bonds. The van der Waals surface area contributed by atoms with Gasteiger partial charge in [0, 0.05) is 0 Å². The number of carbonyl (C=O) groups excluding carboxylic acids is 3. The molecule has 1 heterocycles. The van der Waals surface area contributed by atoms with Crippen LogP contribution in [0, 0.1) is 0 Å². The highest BCUT2D eigenvalue weighted by molar-refractivity contribution is 8.18. The van der Waals surface area contributed by atoms with Gasteiger partial charge in [-0.3, -0.25) is 14.9 Å². The Hall–Kier alpha value is -2.28. The highest BCUT2D eigenvalue weighted by Gasteiger charge is 2.24. The Bertz CT molecular complexity index is 611. The fourth-order valence-electron chi connectivity index (χ4n) is 1.61. The van der Waals surface area contributed by atoms with E-state index in [1.54, 1.807) is 37.3 Å². The molecule has 1 N–H and O–H groups in total. The predicted molar refractivity (Wildman–Crippen MR) is 77.7 cm³/mol. The van der Waals surface area contributed by atoms with Crippen molar-refractivity contribution in [3.05, 3.63) is 34.7 Å². The van der Waals surface area contributed by atoms with Gasteiger partial charge in [0.2, 0.25) is 0 Å². The van der Waals surface area contributed by atoms with Gasteiger partial charge in [-0.05, 0) is 42.5 Å². The monoisotopic (exact) mass is 307 g/mol. The Balaban J connectivity index is 2.04. The Morgan fingerprint density at radius 1 is 1.38 bits per heavy atom. The number of nitrogens with one attached hydrogen (secondary N) is 1. The van der Waals surface area contributed by atoms with Crippen LogP contribution in [0.4, 0.5) is 4.79 Å². The highest BCUT2D eigenvalue weighted by atomic mass is 32.2. The third-order valence-corrected chi connectivity index (χ3v) is 3.27. The maximum Gasteiger partial charge on any atom is 0.344 e. The number of benzene rings is 1. The minimum atomic E-state index is -0.447. The fraction of sp³-hybridized carbons (Fsp3) is 0.214. The molecule has 1 aromatic rings. The molecular weight excluding hydrogens is 294 g/mol. The molecule has 2 rings (SSSR count). The van der Waals surface area contributed by atoms with Crippen molar-refractivity contribution >= 4 is 35.0 Å². The summed E-state index contributed by atoms with van der Waals surface area (Å²) in [4.78, 5) is 34.0. The summed E-state index contributed by atoms with van der Waals surface area (Å²) in [6.07, 6.45) is 1.59. The quantitative estimate of drug-likeness (QED) is 0.661. The van der Waals surface area contributed by atoms with Crippen LogP contribution in [0.2, 0.25) is 0 Å². The molecule has 7 heteroatoms. The summed E-state index contributed by atoms with van der Waals surface area (Å²) >= 11 is 0.846. The van der Waals surface area contributed by atoms with Crippen molar-refractivity contribution in [3.63, 3.8) is 0 Å². The van der Waals surface area contributed by atoms with Gasteiger partial charge in [0.15, 0.2) is 6.61 Å². The molecule has 110 valence electrons. The molecule has 0 radical (unpaired) electrons. The number of imide groups is 1. The van der Waals surface area contributed by atoms with Gasteiger partial charge >= 0.3 is 5.97 Å². The summed E-state index contributed by atoms with van der Waals surface area (Å²) < 4.78 is 10.1. The van der Waals surface area contributed by atoms with Crippen LogP contribution in [0.1, 0.15) is 12.5 Å². The van der Waals surface area contributed by atoms with Crippen LogP contribution in [0.15, 0.2) is 29.2 Å². The smallest absolute Gasteiger partial charge is 0.344 e. The normalized spacial score (nSPS) is 16.0. The Labute approximate surface area is 125 Å². The van der Waals surface area contributed by atoms with Crippen molar-refractivity contribution in [1.29, 1.82) is 0 Å². The zero-order valence-corrected chi connectivity index (χ0v) is 12.1. The van der Waals surface area contributed by atoms with Crippen molar-refractivity contribution in [2.45, 2.75) is 6.92 Å². The molecule has 1 aliphatic heterocycles. The van der Waals surface area contributed by atoms with Crippen molar-refractivity contribution in [3.8, 4) is 5.75 Å². The molecule has 1 fully saturated rings. The first-order chi connectivity index (χ1) is 10.1. The van der Waals surface area contributed by atoms with E-state index in [-0.39, 0.29) is 11.8 Å². The molecule has 0 saturated carbocycles. The van der Waals surface area contributed by atoms with Crippen LogP contribution < -0.4 is 10.1 Å². The van der Waals surface area contributed by atoms with Crippen LogP contribution in [0.5, 0.6) is 5.75 Å². The van der Waals surface area contributed by atoms with Crippen molar-refractivity contribution in [2.75, 3.05) is 13.2 Å². The number of ether oxygens (including phenoxy) is 2. The number of hydrogen-bond acceptors (Lipinski definition) is 6. The van der Waals surface area contributed by atoms with Crippen molar-refractivity contribution in [2.24, 2.45) is 0 Å². The second-order valence-corrected chi connectivity index (χ2v) is 5.03. The van der Waals surface area contributed by atoms with Gasteiger partial charge < -0.3 is 9.47 Å². The van der Waals surface area contributed by atoms with Crippen molar-refractivity contribution < 1.29 is 23.9 Å². The molecular formula is C14H13NO5S. The van der Waals surface area contributed by atoms with Crippen LogP contribution in [-0.4, -0.2) is 30.3 Å². The second kappa shape index (κ2) is 6.94. The van der Waals surface area contributed by atoms with Gasteiger partial charge in [0.25, 0.3) is 11.1 Å². The number of hydrogen-bond donors (Lipinski definition) is 1. The van der Waals surface area contributed by atoms with Gasteiger partial charge in [0.05, 0.1) is 11.5 Å². The van der Waals surface area contributed by atoms with Gasteiger partial charge in [-0.25, -0.2) is 4.79 Å². The van der Waals surface area contributed by atoms with E-state index in [0.717, 1.165) is 11.8 Å². The number of thioether (sulfide) groups is 1. The average molecular weight is 307 g/mol. The molecule has 0 spiro atoms. The summed E-state index contributed by atoms with van der Waals surface area (Å²) in [6, 6.07) is 6.85. The summed E-state index contributed by atoms with van der Waals surface area (Å²) in [5, 5.41) is 1.79. The Morgan fingerprint density at radius 2 is 2.19 bits per heavy atom. The third kappa shape index (κ3) is 4.35. The van der Waals surface area contributed by atoms with E-state index < -0.39 is 11.9 Å². The summed E-state index contributed by atoms with van der Waals surface area (Å²) in [5.41, 5.74) is 0.698. The fourth-order valence-corrected chi connectivity index (χ4v) is 2.29. The van der Waals surface area contributed by atoms with Gasteiger partial charge in [-0.1, -0.05) is 12.1 Å². The molecule has 0 aromatic heterocycles. The first kappa shape index (κ1) is 15.1. The molecule has 1 aromatic carbocycles. The molecule has 1 aliphatic rings. The number of amides is 2. The minimum absolute atomic E-state index is 0.179. The lowest BCUT2D eigenvalue weighted by Crippen LogP contribution is -2.17. The first-order valence-corrected chi connectivity index (χ1v) is 7.03. The summed E-state index contributed by atoms with van der Waals surface area (Å²) in [6.45, 7) is 1.84. The largest absolute Gasteiger partial charge is 0.482 e.